The third-order valence-corrected chi connectivity index (χ3v) is 6.30. The van der Waals surface area contributed by atoms with Gasteiger partial charge in [-0.1, -0.05) is 11.8 Å². The molecule has 0 aliphatic rings. The third-order valence-electron chi connectivity index (χ3n) is 4.12. The number of benzene rings is 1. The van der Waals surface area contributed by atoms with Crippen LogP contribution in [0.2, 0.25) is 0 Å². The van der Waals surface area contributed by atoms with Crippen molar-refractivity contribution in [3.05, 3.63) is 56.0 Å². The van der Waals surface area contributed by atoms with Crippen LogP contribution in [0, 0.1) is 17.0 Å². The third kappa shape index (κ3) is 4.15. The van der Waals surface area contributed by atoms with Crippen LogP contribution in [0.25, 0.3) is 10.2 Å². The molecule has 146 valence electrons. The molecule has 1 aromatic carbocycles. The largest absolute Gasteiger partial charge is 0.503 e. The number of nitro groups is 1. The first-order valence-electron chi connectivity index (χ1n) is 8.09. The van der Waals surface area contributed by atoms with Crippen LogP contribution in [0.4, 0.5) is 5.69 Å². The number of hydrogen-bond donors (Lipinski definition) is 2. The Labute approximate surface area is 167 Å². The number of non-ortho nitro benzene ring substituents is 1. The minimum absolute atomic E-state index is 0.0185. The van der Waals surface area contributed by atoms with E-state index in [2.05, 4.69) is 10.3 Å². The number of pyridine rings is 1. The van der Waals surface area contributed by atoms with Crippen molar-refractivity contribution < 1.29 is 14.8 Å². The maximum atomic E-state index is 12.1. The van der Waals surface area contributed by atoms with Crippen LogP contribution in [0.1, 0.15) is 11.4 Å². The summed E-state index contributed by atoms with van der Waals surface area (Å²) in [6.07, 6.45) is 0. The van der Waals surface area contributed by atoms with Gasteiger partial charge in [0.05, 0.1) is 33.1 Å². The molecule has 0 spiro atoms. The zero-order valence-corrected chi connectivity index (χ0v) is 16.6. The second kappa shape index (κ2) is 7.98. The molecule has 0 fully saturated rings. The van der Waals surface area contributed by atoms with Gasteiger partial charge in [-0.2, -0.15) is 0 Å². The van der Waals surface area contributed by atoms with Gasteiger partial charge < -0.3 is 15.0 Å². The molecule has 0 saturated heterocycles. The van der Waals surface area contributed by atoms with Gasteiger partial charge in [0, 0.05) is 30.9 Å². The van der Waals surface area contributed by atoms with Crippen LogP contribution < -0.4 is 10.7 Å². The molecule has 0 radical (unpaired) electrons. The van der Waals surface area contributed by atoms with Gasteiger partial charge in [-0.05, 0) is 13.0 Å². The number of aromatic nitrogens is 2. The molecule has 0 aliphatic heterocycles. The molecule has 0 atom stereocenters. The Balaban J connectivity index is 1.63. The van der Waals surface area contributed by atoms with E-state index in [1.165, 1.54) is 41.3 Å². The van der Waals surface area contributed by atoms with Crippen molar-refractivity contribution >= 4 is 44.9 Å². The van der Waals surface area contributed by atoms with E-state index in [9.17, 15) is 24.8 Å². The first-order chi connectivity index (χ1) is 13.3. The quantitative estimate of drug-likeness (QED) is 0.356. The molecule has 2 aromatic heterocycles. The Morgan fingerprint density at radius 2 is 2.18 bits per heavy atom. The lowest BCUT2D eigenvalue weighted by Gasteiger charge is -2.14. The fraction of sp³-hybridized carbons (Fsp3) is 0.235. The fourth-order valence-electron chi connectivity index (χ4n) is 2.50. The van der Waals surface area contributed by atoms with Gasteiger partial charge in [-0.25, -0.2) is 4.98 Å². The van der Waals surface area contributed by atoms with E-state index in [-0.39, 0.29) is 29.6 Å². The van der Waals surface area contributed by atoms with Gasteiger partial charge in [0.1, 0.15) is 0 Å². The Morgan fingerprint density at radius 3 is 2.89 bits per heavy atom. The van der Waals surface area contributed by atoms with Crippen LogP contribution in [0.5, 0.6) is 5.75 Å². The van der Waals surface area contributed by atoms with Gasteiger partial charge >= 0.3 is 0 Å². The van der Waals surface area contributed by atoms with Crippen molar-refractivity contribution in [2.45, 2.75) is 17.8 Å². The minimum Gasteiger partial charge on any atom is -0.503 e. The van der Waals surface area contributed by atoms with Crippen LogP contribution >= 0.6 is 23.1 Å². The molecule has 0 unspecified atom stereocenters. The molecule has 3 rings (SSSR count). The number of amides is 1. The van der Waals surface area contributed by atoms with E-state index in [1.807, 2.05) is 0 Å². The highest BCUT2D eigenvalue weighted by Gasteiger charge is 2.14. The van der Waals surface area contributed by atoms with Crippen molar-refractivity contribution in [2.24, 2.45) is 7.05 Å². The predicted molar refractivity (Wildman–Crippen MR) is 107 cm³/mol. The van der Waals surface area contributed by atoms with Crippen molar-refractivity contribution in [2.75, 3.05) is 5.75 Å². The molecule has 2 N–H and O–H groups in total. The van der Waals surface area contributed by atoms with E-state index in [0.29, 0.717) is 21.2 Å². The van der Waals surface area contributed by atoms with Crippen molar-refractivity contribution in [1.29, 1.82) is 0 Å². The number of hydrogen-bond acceptors (Lipinski definition) is 8. The number of fused-ring (bicyclic) bond motifs is 1. The highest BCUT2D eigenvalue weighted by Crippen LogP contribution is 2.31. The molecule has 1 amide bonds. The van der Waals surface area contributed by atoms with Crippen LogP contribution in [-0.4, -0.2) is 31.2 Å². The van der Waals surface area contributed by atoms with Gasteiger partial charge in [0.2, 0.25) is 11.3 Å². The molecule has 0 aliphatic carbocycles. The highest BCUT2D eigenvalue weighted by molar-refractivity contribution is 8.01. The van der Waals surface area contributed by atoms with Gasteiger partial charge in [-0.3, -0.25) is 19.7 Å². The number of aryl methyl sites for hydroxylation is 1. The molecule has 2 heterocycles. The van der Waals surface area contributed by atoms with Crippen LogP contribution in [-0.2, 0) is 18.4 Å². The minimum atomic E-state index is -0.488. The lowest BCUT2D eigenvalue weighted by Crippen LogP contribution is -2.27. The molecule has 9 nitrogen and oxygen atoms in total. The number of nitrogens with zero attached hydrogens (tertiary/aromatic N) is 3. The summed E-state index contributed by atoms with van der Waals surface area (Å²) in [5.41, 5.74) is 0.996. The SMILES string of the molecule is Cc1cc(=O)c(O)c(CNC(=O)CSc2nc3cc([N+](=O)[O-])ccc3s2)n1C. The first-order valence-corrected chi connectivity index (χ1v) is 9.89. The molecule has 28 heavy (non-hydrogen) atoms. The molecule has 0 saturated carbocycles. The highest BCUT2D eigenvalue weighted by atomic mass is 32.2. The maximum Gasteiger partial charge on any atom is 0.271 e. The Morgan fingerprint density at radius 1 is 1.43 bits per heavy atom. The van der Waals surface area contributed by atoms with Crippen LogP contribution in [0.15, 0.2) is 33.4 Å². The van der Waals surface area contributed by atoms with Crippen molar-refractivity contribution in [3.63, 3.8) is 0 Å². The molecule has 0 bridgehead atoms. The lowest BCUT2D eigenvalue weighted by molar-refractivity contribution is -0.384. The summed E-state index contributed by atoms with van der Waals surface area (Å²) in [6.45, 7) is 1.75. The summed E-state index contributed by atoms with van der Waals surface area (Å²) in [4.78, 5) is 38.5. The Bertz CT molecular complexity index is 1140. The predicted octanol–water partition coefficient (Wildman–Crippen LogP) is 2.33. The number of rotatable bonds is 6. The van der Waals surface area contributed by atoms with Crippen molar-refractivity contribution in [1.82, 2.24) is 14.9 Å². The summed E-state index contributed by atoms with van der Waals surface area (Å²) in [5.74, 6) is -0.583. The van der Waals surface area contributed by atoms with E-state index in [1.54, 1.807) is 24.6 Å². The Hall–Kier alpha value is -2.92. The standard InChI is InChI=1S/C17H16N4O5S2/c1-9-5-13(22)16(24)12(20(9)2)7-18-15(23)8-27-17-19-11-6-10(21(25)26)3-4-14(11)28-17/h3-6,24H,7-8H2,1-2H3,(H,18,23). The first kappa shape index (κ1) is 19.8. The van der Waals surface area contributed by atoms with Crippen molar-refractivity contribution in [3.8, 4) is 5.75 Å². The fourth-order valence-corrected chi connectivity index (χ4v) is 4.38. The molecular formula is C17H16N4O5S2. The average molecular weight is 420 g/mol. The number of nitro benzene ring substituents is 1. The topological polar surface area (TPSA) is 127 Å². The van der Waals surface area contributed by atoms with Crippen LogP contribution in [0.3, 0.4) is 0 Å². The molecule has 11 heteroatoms. The summed E-state index contributed by atoms with van der Waals surface area (Å²) in [6, 6.07) is 5.78. The summed E-state index contributed by atoms with van der Waals surface area (Å²) >= 11 is 2.56. The number of thioether (sulfide) groups is 1. The number of nitrogens with one attached hydrogen (secondary N) is 1. The number of carbonyl (C=O) groups is 1. The molecular weight excluding hydrogens is 404 g/mol. The zero-order chi connectivity index (χ0) is 20.4. The number of aromatic hydroxyl groups is 1. The monoisotopic (exact) mass is 420 g/mol. The van der Waals surface area contributed by atoms with E-state index < -0.39 is 10.4 Å². The smallest absolute Gasteiger partial charge is 0.271 e. The van der Waals surface area contributed by atoms with E-state index >= 15 is 0 Å². The lowest BCUT2D eigenvalue weighted by atomic mass is 10.2. The van der Waals surface area contributed by atoms with E-state index in [0.717, 1.165) is 4.70 Å². The zero-order valence-electron chi connectivity index (χ0n) is 15.0. The average Bonchev–Trinajstić information content (AvgIpc) is 3.06. The van der Waals surface area contributed by atoms with E-state index in [4.69, 9.17) is 0 Å². The Kier molecular flexibility index (Phi) is 5.66. The summed E-state index contributed by atoms with van der Waals surface area (Å²) in [5, 5.41) is 23.4. The number of carbonyl (C=O) groups excluding carboxylic acids is 1. The number of thiazole rings is 1. The molecule has 3 aromatic rings. The second-order valence-electron chi connectivity index (χ2n) is 5.96. The second-order valence-corrected chi connectivity index (χ2v) is 8.21. The maximum absolute atomic E-state index is 12.1. The summed E-state index contributed by atoms with van der Waals surface area (Å²) < 4.78 is 3.06. The van der Waals surface area contributed by atoms with Gasteiger partial charge in [0.25, 0.3) is 5.69 Å². The summed E-state index contributed by atoms with van der Waals surface area (Å²) in [7, 11) is 1.70. The van der Waals surface area contributed by atoms with Gasteiger partial charge in [0.15, 0.2) is 10.1 Å². The van der Waals surface area contributed by atoms with Gasteiger partial charge in [-0.15, -0.1) is 11.3 Å². The normalized spacial score (nSPS) is 10.9.